The Labute approximate surface area is 214 Å². The minimum atomic E-state index is -1.01. The molecule has 4 atom stereocenters. The van der Waals surface area contributed by atoms with Crippen LogP contribution >= 0.6 is 0 Å². The number of hydrogen-bond acceptors (Lipinski definition) is 7. The van der Waals surface area contributed by atoms with Crippen LogP contribution in [-0.2, 0) is 14.3 Å². The van der Waals surface area contributed by atoms with Gasteiger partial charge in [-0.15, -0.1) is 0 Å². The van der Waals surface area contributed by atoms with Crippen LogP contribution in [0.25, 0.3) is 11.6 Å². The number of halogens is 1. The van der Waals surface area contributed by atoms with E-state index in [1.165, 1.54) is 26.3 Å². The van der Waals surface area contributed by atoms with Gasteiger partial charge in [0.15, 0.2) is 11.6 Å². The molecule has 0 spiro atoms. The highest BCUT2D eigenvalue weighted by Crippen LogP contribution is 2.46. The molecule has 2 aromatic rings. The molecular formula is C28H31FN2O6. The van der Waals surface area contributed by atoms with E-state index in [-0.39, 0.29) is 37.9 Å². The van der Waals surface area contributed by atoms with Gasteiger partial charge >= 0.3 is 0 Å². The highest BCUT2D eigenvalue weighted by Gasteiger charge is 2.53. The third kappa shape index (κ3) is 5.34. The van der Waals surface area contributed by atoms with E-state index in [4.69, 9.17) is 4.74 Å². The number of amides is 2. The van der Waals surface area contributed by atoms with Crippen molar-refractivity contribution in [3.8, 4) is 5.75 Å². The molecule has 3 N–H and O–H groups in total. The number of nitrogens with zero attached hydrogens (tertiary/aromatic N) is 2. The molecule has 1 aliphatic carbocycles. The molecule has 0 bridgehead atoms. The first kappa shape index (κ1) is 26.7. The van der Waals surface area contributed by atoms with Crippen LogP contribution in [0.4, 0.5) is 4.39 Å². The maximum absolute atomic E-state index is 13.9. The van der Waals surface area contributed by atoms with E-state index in [1.807, 2.05) is 12.1 Å². The first-order chi connectivity index (χ1) is 17.8. The number of phenolic OH excluding ortho intramolecular Hbond substituents is 1. The molecule has 4 rings (SSSR count). The highest BCUT2D eigenvalue weighted by atomic mass is 19.1. The van der Waals surface area contributed by atoms with E-state index in [1.54, 1.807) is 24.4 Å². The monoisotopic (exact) mass is 510 g/mol. The van der Waals surface area contributed by atoms with E-state index in [0.29, 0.717) is 23.3 Å². The summed E-state index contributed by atoms with van der Waals surface area (Å²) in [6, 6.07) is 9.49. The first-order valence-electron chi connectivity index (χ1n) is 12.2. The van der Waals surface area contributed by atoms with Gasteiger partial charge in [-0.1, -0.05) is 12.1 Å². The van der Waals surface area contributed by atoms with Gasteiger partial charge in [-0.3, -0.25) is 19.5 Å². The molecule has 1 aliphatic heterocycles. The smallest absolute Gasteiger partial charge is 0.233 e. The molecule has 0 unspecified atom stereocenters. The SMILES string of the molecule is COCC1=C([C@H](O)CC/C(=C/c2ccc(O)c(F)c2)c2ccccn2)[C@H](CO)[C@@H]2C(=O)N(C)C(=O)[C@@H]2C1. The number of fused-ring (bicyclic) bond motifs is 1. The highest BCUT2D eigenvalue weighted by molar-refractivity contribution is 6.05. The van der Waals surface area contributed by atoms with Crippen molar-refractivity contribution in [3.63, 3.8) is 0 Å². The fraction of sp³-hybridized carbons (Fsp3) is 0.393. The van der Waals surface area contributed by atoms with Crippen LogP contribution in [0.3, 0.4) is 0 Å². The number of ether oxygens (including phenoxy) is 1. The number of aromatic nitrogens is 1. The zero-order chi connectivity index (χ0) is 26.7. The number of methoxy groups -OCH3 is 1. The third-order valence-electron chi connectivity index (χ3n) is 7.27. The van der Waals surface area contributed by atoms with E-state index in [9.17, 15) is 29.3 Å². The van der Waals surface area contributed by atoms with Gasteiger partial charge in [0, 0.05) is 26.3 Å². The van der Waals surface area contributed by atoms with Gasteiger partial charge in [-0.25, -0.2) is 4.39 Å². The number of imide groups is 1. The summed E-state index contributed by atoms with van der Waals surface area (Å²) in [4.78, 5) is 31.0. The average Bonchev–Trinajstić information content (AvgIpc) is 3.11. The van der Waals surface area contributed by atoms with Gasteiger partial charge in [0.05, 0.1) is 36.8 Å². The van der Waals surface area contributed by atoms with Crippen molar-refractivity contribution in [2.45, 2.75) is 25.4 Å². The van der Waals surface area contributed by atoms with Gasteiger partial charge in [0.2, 0.25) is 11.8 Å². The van der Waals surface area contributed by atoms with Crippen molar-refractivity contribution in [1.29, 1.82) is 0 Å². The Morgan fingerprint density at radius 3 is 2.70 bits per heavy atom. The van der Waals surface area contributed by atoms with Gasteiger partial charge in [0.25, 0.3) is 0 Å². The number of benzene rings is 1. The fourth-order valence-corrected chi connectivity index (χ4v) is 5.51. The Morgan fingerprint density at radius 1 is 1.27 bits per heavy atom. The summed E-state index contributed by atoms with van der Waals surface area (Å²) in [6.07, 6.45) is 3.24. The number of carbonyl (C=O) groups is 2. The maximum Gasteiger partial charge on any atom is 0.233 e. The molecule has 2 amide bonds. The van der Waals surface area contributed by atoms with Crippen LogP contribution in [0.2, 0.25) is 0 Å². The second-order valence-electron chi connectivity index (χ2n) is 9.50. The number of aliphatic hydroxyl groups excluding tert-OH is 2. The second-order valence-corrected chi connectivity index (χ2v) is 9.50. The lowest BCUT2D eigenvalue weighted by Gasteiger charge is -2.36. The quantitative estimate of drug-likeness (QED) is 0.351. The van der Waals surface area contributed by atoms with Crippen LogP contribution in [0.15, 0.2) is 53.7 Å². The summed E-state index contributed by atoms with van der Waals surface area (Å²) in [7, 11) is 2.96. The lowest BCUT2D eigenvalue weighted by atomic mass is 9.68. The van der Waals surface area contributed by atoms with Crippen molar-refractivity contribution in [2.24, 2.45) is 17.8 Å². The minimum Gasteiger partial charge on any atom is -0.505 e. The van der Waals surface area contributed by atoms with Gasteiger partial charge in [-0.2, -0.15) is 0 Å². The number of phenols is 1. The number of pyridine rings is 1. The van der Waals surface area contributed by atoms with Gasteiger partial charge in [-0.05, 0) is 71.9 Å². The van der Waals surface area contributed by atoms with Gasteiger partial charge in [0.1, 0.15) is 0 Å². The number of rotatable bonds is 9. The number of aromatic hydroxyl groups is 1. The largest absolute Gasteiger partial charge is 0.505 e. The van der Waals surface area contributed by atoms with Crippen molar-refractivity contribution >= 4 is 23.5 Å². The maximum atomic E-state index is 13.9. The molecule has 2 heterocycles. The molecule has 1 saturated heterocycles. The van der Waals surface area contributed by atoms with Crippen molar-refractivity contribution in [3.05, 3.63) is 70.8 Å². The summed E-state index contributed by atoms with van der Waals surface area (Å²) in [5, 5.41) is 31.2. The van der Waals surface area contributed by atoms with Crippen molar-refractivity contribution in [1.82, 2.24) is 9.88 Å². The van der Waals surface area contributed by atoms with E-state index < -0.39 is 35.4 Å². The van der Waals surface area contributed by atoms with E-state index in [2.05, 4.69) is 4.98 Å². The number of carbonyl (C=O) groups excluding carboxylic acids is 2. The van der Waals surface area contributed by atoms with Crippen LogP contribution in [-0.4, -0.2) is 70.5 Å². The number of hydrogen-bond donors (Lipinski definition) is 3. The Balaban J connectivity index is 1.65. The van der Waals surface area contributed by atoms with E-state index >= 15 is 0 Å². The Bertz CT molecular complexity index is 1230. The molecule has 8 nitrogen and oxygen atoms in total. The normalized spacial score (nSPS) is 23.0. The topological polar surface area (TPSA) is 120 Å². The summed E-state index contributed by atoms with van der Waals surface area (Å²) < 4.78 is 19.3. The summed E-state index contributed by atoms with van der Waals surface area (Å²) in [5.74, 6) is -3.82. The number of aliphatic hydroxyl groups is 2. The number of allylic oxidation sites excluding steroid dienone is 1. The van der Waals surface area contributed by atoms with Crippen LogP contribution in [0.1, 0.15) is 30.5 Å². The third-order valence-corrected chi connectivity index (χ3v) is 7.27. The Hall–Kier alpha value is -3.40. The molecule has 0 saturated carbocycles. The number of likely N-dealkylation sites (tertiary alicyclic amines) is 1. The van der Waals surface area contributed by atoms with Crippen molar-refractivity contribution in [2.75, 3.05) is 27.4 Å². The summed E-state index contributed by atoms with van der Waals surface area (Å²) in [6.45, 7) is -0.212. The summed E-state index contributed by atoms with van der Waals surface area (Å²) >= 11 is 0. The van der Waals surface area contributed by atoms with Crippen LogP contribution < -0.4 is 0 Å². The lowest BCUT2D eigenvalue weighted by Crippen LogP contribution is -2.39. The second kappa shape index (κ2) is 11.3. The molecule has 1 aromatic carbocycles. The molecule has 37 heavy (non-hydrogen) atoms. The Kier molecular flexibility index (Phi) is 8.16. The zero-order valence-corrected chi connectivity index (χ0v) is 20.8. The van der Waals surface area contributed by atoms with Gasteiger partial charge < -0.3 is 20.1 Å². The average molecular weight is 511 g/mol. The molecule has 2 aliphatic rings. The van der Waals surface area contributed by atoms with E-state index in [0.717, 1.165) is 16.0 Å². The molecular weight excluding hydrogens is 479 g/mol. The standard InChI is InChI=1S/C28H31FN2O6/c1-31-27(35)19-13-18(15-37-2)25(20(14-32)26(19)28(31)36)24(34)9-7-17(22-5-3-4-10-30-22)11-16-6-8-23(33)21(29)12-16/h3-6,8,10-12,19-20,24,26,32-34H,7,9,13-15H2,1-2H3/b17-11-/t19-,20+,24-,26-/m1/s1. The van der Waals surface area contributed by atoms with Crippen LogP contribution in [0.5, 0.6) is 5.75 Å². The predicted octanol–water partition coefficient (Wildman–Crippen LogP) is 2.79. The molecule has 1 fully saturated rings. The minimum absolute atomic E-state index is 0.174. The fourth-order valence-electron chi connectivity index (χ4n) is 5.51. The van der Waals surface area contributed by atoms with Crippen molar-refractivity contribution < 1.29 is 34.0 Å². The summed E-state index contributed by atoms with van der Waals surface area (Å²) in [5.41, 5.74) is 3.17. The first-order valence-corrected chi connectivity index (χ1v) is 12.2. The molecule has 1 aromatic heterocycles. The Morgan fingerprint density at radius 2 is 2.05 bits per heavy atom. The molecule has 0 radical (unpaired) electrons. The predicted molar refractivity (Wildman–Crippen MR) is 134 cm³/mol. The molecule has 9 heteroatoms. The van der Waals surface area contributed by atoms with Crippen LogP contribution in [0, 0.1) is 23.6 Å². The zero-order valence-electron chi connectivity index (χ0n) is 20.8. The lowest BCUT2D eigenvalue weighted by molar-refractivity contribution is -0.138. The molecule has 196 valence electrons.